The Hall–Kier alpha value is -1.96. The van der Waals surface area contributed by atoms with Gasteiger partial charge in [-0.2, -0.15) is 0 Å². The van der Waals surface area contributed by atoms with Crippen LogP contribution >= 0.6 is 0 Å². The summed E-state index contributed by atoms with van der Waals surface area (Å²) in [5.74, 6) is -1.15. The minimum atomic E-state index is -1.17. The Labute approximate surface area is 151 Å². The highest BCUT2D eigenvalue weighted by atomic mass is 16.7. The van der Waals surface area contributed by atoms with Crippen LogP contribution in [0.2, 0.25) is 0 Å². The van der Waals surface area contributed by atoms with E-state index in [2.05, 4.69) is 0 Å². The molecule has 0 unspecified atom stereocenters. The number of methoxy groups -OCH3 is 1. The first-order valence-electron chi connectivity index (χ1n) is 8.77. The van der Waals surface area contributed by atoms with Crippen LogP contribution in [-0.4, -0.2) is 50.1 Å². The number of epoxide rings is 1. The zero-order valence-electron chi connectivity index (χ0n) is 14.8. The number of esters is 2. The van der Waals surface area contributed by atoms with Gasteiger partial charge in [0.15, 0.2) is 11.9 Å². The van der Waals surface area contributed by atoms with E-state index in [0.717, 1.165) is 5.56 Å². The molecule has 0 radical (unpaired) electrons. The van der Waals surface area contributed by atoms with Crippen molar-refractivity contribution >= 4 is 11.9 Å². The van der Waals surface area contributed by atoms with Crippen LogP contribution in [0.25, 0.3) is 0 Å². The fraction of sp³-hybridized carbons (Fsp3) is 0.579. The number of hydrogen-bond acceptors (Lipinski definition) is 7. The van der Waals surface area contributed by atoms with Crippen molar-refractivity contribution in [3.8, 4) is 0 Å². The van der Waals surface area contributed by atoms with Gasteiger partial charge in [-0.05, 0) is 6.42 Å². The second kappa shape index (κ2) is 6.64. The van der Waals surface area contributed by atoms with E-state index in [9.17, 15) is 9.59 Å². The molecule has 2 aliphatic heterocycles. The summed E-state index contributed by atoms with van der Waals surface area (Å²) >= 11 is 0. The van der Waals surface area contributed by atoms with Crippen LogP contribution in [0.5, 0.6) is 0 Å². The molecule has 7 nitrogen and oxygen atoms in total. The van der Waals surface area contributed by atoms with Gasteiger partial charge in [0.05, 0.1) is 38.4 Å². The third-order valence-electron chi connectivity index (χ3n) is 5.43. The number of hydrogen-bond donors (Lipinski definition) is 0. The maximum Gasteiger partial charge on any atom is 0.338 e. The fourth-order valence-electron chi connectivity index (χ4n) is 4.15. The van der Waals surface area contributed by atoms with Gasteiger partial charge >= 0.3 is 11.9 Å². The standard InChI is InChI=1S/C19H22O7/c1-11(20)23-9-13-8-19(18(21)22-2)14(16-15(13)25-16)10-24-17(26-19)12-6-4-3-5-7-12/h3-7,13-17H,8-10H2,1-2H3/t13-,14+,15-,16+,17+,19-/m0/s1. The highest BCUT2D eigenvalue weighted by molar-refractivity contribution is 5.81. The highest BCUT2D eigenvalue weighted by Crippen LogP contribution is 2.54. The van der Waals surface area contributed by atoms with E-state index in [4.69, 9.17) is 23.7 Å². The lowest BCUT2D eigenvalue weighted by molar-refractivity contribution is -0.295. The number of benzene rings is 1. The third-order valence-corrected chi connectivity index (χ3v) is 5.43. The molecule has 1 saturated carbocycles. The molecule has 1 aliphatic carbocycles. The summed E-state index contributed by atoms with van der Waals surface area (Å²) in [5.41, 5.74) is -0.333. The van der Waals surface area contributed by atoms with Crippen LogP contribution in [0.3, 0.4) is 0 Å². The zero-order valence-corrected chi connectivity index (χ0v) is 14.8. The molecule has 1 aromatic rings. The van der Waals surface area contributed by atoms with Crippen molar-refractivity contribution in [1.29, 1.82) is 0 Å². The summed E-state index contributed by atoms with van der Waals surface area (Å²) in [6.45, 7) is 1.90. The first-order chi connectivity index (χ1) is 12.5. The van der Waals surface area contributed by atoms with Crippen LogP contribution in [-0.2, 0) is 33.3 Å². The van der Waals surface area contributed by atoms with Crippen molar-refractivity contribution in [2.45, 2.75) is 37.4 Å². The lowest BCUT2D eigenvalue weighted by Gasteiger charge is -2.47. The van der Waals surface area contributed by atoms with E-state index in [0.29, 0.717) is 13.0 Å². The minimum Gasteiger partial charge on any atom is -0.467 e. The molecule has 4 rings (SSSR count). The topological polar surface area (TPSA) is 83.6 Å². The maximum absolute atomic E-state index is 12.8. The maximum atomic E-state index is 12.8. The quantitative estimate of drug-likeness (QED) is 0.594. The Balaban J connectivity index is 1.61. The van der Waals surface area contributed by atoms with Gasteiger partial charge in [-0.1, -0.05) is 30.3 Å². The second-order valence-corrected chi connectivity index (χ2v) is 7.01. The van der Waals surface area contributed by atoms with E-state index in [1.54, 1.807) is 0 Å². The molecule has 7 heteroatoms. The van der Waals surface area contributed by atoms with Gasteiger partial charge in [0.1, 0.15) is 0 Å². The van der Waals surface area contributed by atoms with E-state index in [1.807, 2.05) is 30.3 Å². The van der Waals surface area contributed by atoms with Crippen molar-refractivity contribution in [1.82, 2.24) is 0 Å². The number of rotatable bonds is 4. The monoisotopic (exact) mass is 362 g/mol. The molecule has 26 heavy (non-hydrogen) atoms. The predicted molar refractivity (Wildman–Crippen MR) is 87.9 cm³/mol. The van der Waals surface area contributed by atoms with Gasteiger partial charge in [-0.25, -0.2) is 4.79 Å². The Morgan fingerprint density at radius 2 is 2.00 bits per heavy atom. The van der Waals surface area contributed by atoms with Crippen molar-refractivity contribution in [2.75, 3.05) is 20.3 Å². The Morgan fingerprint density at radius 3 is 2.69 bits per heavy atom. The molecule has 3 aliphatic rings. The summed E-state index contributed by atoms with van der Waals surface area (Å²) < 4.78 is 28.2. The molecule has 140 valence electrons. The normalized spacial score (nSPS) is 37.8. The van der Waals surface area contributed by atoms with Gasteiger partial charge in [0.2, 0.25) is 0 Å². The number of carbonyl (C=O) groups excluding carboxylic acids is 2. The van der Waals surface area contributed by atoms with E-state index in [1.165, 1.54) is 14.0 Å². The summed E-state index contributed by atoms with van der Waals surface area (Å²) in [7, 11) is 1.35. The lowest BCUT2D eigenvalue weighted by Crippen LogP contribution is -2.60. The first kappa shape index (κ1) is 17.5. The van der Waals surface area contributed by atoms with E-state index >= 15 is 0 Å². The average molecular weight is 362 g/mol. The number of fused-ring (bicyclic) bond motifs is 3. The van der Waals surface area contributed by atoms with Gasteiger partial charge in [-0.3, -0.25) is 4.79 Å². The van der Waals surface area contributed by atoms with Crippen LogP contribution in [0.15, 0.2) is 30.3 Å². The molecule has 0 N–H and O–H groups in total. The van der Waals surface area contributed by atoms with Gasteiger partial charge in [0.25, 0.3) is 0 Å². The largest absolute Gasteiger partial charge is 0.467 e. The van der Waals surface area contributed by atoms with Gasteiger partial charge < -0.3 is 23.7 Å². The SMILES string of the molecule is COC(=O)[C@]12C[C@@H](COC(C)=O)[C@@H]3O[C@@H]3[C@H]1CO[C@@H](c1ccccc1)O2. The molecule has 0 bridgehead atoms. The predicted octanol–water partition coefficient (Wildman–Crippen LogP) is 1.61. The van der Waals surface area contributed by atoms with E-state index in [-0.39, 0.29) is 36.6 Å². The molecule has 1 aromatic carbocycles. The molecule has 6 atom stereocenters. The summed E-state index contributed by atoms with van der Waals surface area (Å²) in [6.07, 6.45) is -0.486. The van der Waals surface area contributed by atoms with Crippen LogP contribution < -0.4 is 0 Å². The first-order valence-corrected chi connectivity index (χ1v) is 8.77. The summed E-state index contributed by atoms with van der Waals surface area (Å²) in [5, 5.41) is 0. The van der Waals surface area contributed by atoms with Crippen molar-refractivity contribution in [3.05, 3.63) is 35.9 Å². The summed E-state index contributed by atoms with van der Waals surface area (Å²) in [4.78, 5) is 24.0. The van der Waals surface area contributed by atoms with Crippen LogP contribution in [0, 0.1) is 11.8 Å². The molecule has 3 fully saturated rings. The number of carbonyl (C=O) groups is 2. The Bertz CT molecular complexity index is 690. The molecular weight excluding hydrogens is 340 g/mol. The zero-order chi connectivity index (χ0) is 18.3. The molecule has 2 heterocycles. The minimum absolute atomic E-state index is 0.0439. The Morgan fingerprint density at radius 1 is 1.23 bits per heavy atom. The second-order valence-electron chi connectivity index (χ2n) is 7.01. The smallest absolute Gasteiger partial charge is 0.338 e. The fourth-order valence-corrected chi connectivity index (χ4v) is 4.15. The molecule has 0 spiro atoms. The van der Waals surface area contributed by atoms with Crippen molar-refractivity contribution < 1.29 is 33.3 Å². The van der Waals surface area contributed by atoms with E-state index < -0.39 is 17.9 Å². The third kappa shape index (κ3) is 2.90. The van der Waals surface area contributed by atoms with Crippen LogP contribution in [0.4, 0.5) is 0 Å². The van der Waals surface area contributed by atoms with Gasteiger partial charge in [0, 0.05) is 18.4 Å². The van der Waals surface area contributed by atoms with Crippen molar-refractivity contribution in [2.24, 2.45) is 11.8 Å². The van der Waals surface area contributed by atoms with Crippen LogP contribution in [0.1, 0.15) is 25.2 Å². The Kier molecular flexibility index (Phi) is 4.46. The average Bonchev–Trinajstić information content (AvgIpc) is 3.46. The molecular formula is C19H22O7. The number of ether oxygens (including phenoxy) is 5. The highest BCUT2D eigenvalue weighted by Gasteiger charge is 2.68. The van der Waals surface area contributed by atoms with Crippen molar-refractivity contribution in [3.63, 3.8) is 0 Å². The van der Waals surface area contributed by atoms with Gasteiger partial charge in [-0.15, -0.1) is 0 Å². The lowest BCUT2D eigenvalue weighted by atomic mass is 9.70. The molecule has 2 saturated heterocycles. The summed E-state index contributed by atoms with van der Waals surface area (Å²) in [6, 6.07) is 9.48. The molecule has 0 amide bonds. The molecule has 0 aromatic heterocycles.